The fourth-order valence-corrected chi connectivity index (χ4v) is 8.18. The first kappa shape index (κ1) is 48.4. The molecule has 0 spiro atoms. The largest absolute Gasteiger partial charge is 1.00 e. The summed E-state index contributed by atoms with van der Waals surface area (Å²) >= 11 is 2.02. The molecule has 2 rings (SSSR count). The summed E-state index contributed by atoms with van der Waals surface area (Å²) in [5, 5.41) is 4.09. The second kappa shape index (κ2) is 28.8. The fourth-order valence-electron chi connectivity index (χ4n) is 6.06. The summed E-state index contributed by atoms with van der Waals surface area (Å²) in [6.07, 6.45) is 20.6. The molecule has 1 aliphatic heterocycles. The van der Waals surface area contributed by atoms with Crippen LogP contribution in [0.2, 0.25) is 0 Å². The summed E-state index contributed by atoms with van der Waals surface area (Å²) < 4.78 is 35.8. The van der Waals surface area contributed by atoms with E-state index in [9.17, 15) is 19.0 Å². The third-order valence-electron chi connectivity index (χ3n) is 9.12. The minimum atomic E-state index is -4.69. The Hall–Kier alpha value is -0.630. The van der Waals surface area contributed by atoms with E-state index in [2.05, 4.69) is 35.8 Å². The van der Waals surface area contributed by atoms with Crippen LogP contribution >= 0.6 is 19.6 Å². The summed E-state index contributed by atoms with van der Waals surface area (Å²) in [6.45, 7) is 7.97. The van der Waals surface area contributed by atoms with Gasteiger partial charge in [0.15, 0.2) is 0 Å². The smallest absolute Gasteiger partial charge is 0.756 e. The standard InChI is InChI=1S/C35H64N5O8PS.Na/c1-5-7-9-11-13-15-17-19-24-50-32(21-18-16-14-12-10-8-6-2)29(4)45-22-20-23-46-49(43,44)47-27-31-30(38-39-36)25-33(48-31)40-26-28(3)34(41)37-35(40)42;/h26,29-33H,5-25,27H2,1-4H3,(H,43,44)(H,37,41,42);/q;+1/p-1/t29?,30-,31+,32?,33+;/m0./s1. The van der Waals surface area contributed by atoms with Crippen molar-refractivity contribution in [2.45, 2.75) is 173 Å². The predicted molar refractivity (Wildman–Crippen MR) is 199 cm³/mol. The number of ether oxygens (including phenoxy) is 2. The zero-order valence-corrected chi connectivity index (χ0v) is 35.6. The Kier molecular flexibility index (Phi) is 27.3. The molecule has 288 valence electrons. The first-order valence-electron chi connectivity index (χ1n) is 19.0. The number of unbranched alkanes of at least 4 members (excludes halogenated alkanes) is 13. The second-order valence-corrected chi connectivity index (χ2v) is 16.2. The molecule has 0 amide bonds. The van der Waals surface area contributed by atoms with Gasteiger partial charge in [0.25, 0.3) is 13.4 Å². The average Bonchev–Trinajstić information content (AvgIpc) is 3.49. The van der Waals surface area contributed by atoms with Crippen molar-refractivity contribution < 1.29 is 57.5 Å². The molecule has 2 heterocycles. The molecule has 0 aromatic carbocycles. The molecule has 1 aromatic heterocycles. The number of nitrogens with one attached hydrogen (secondary N) is 1. The number of rotatable bonds is 30. The van der Waals surface area contributed by atoms with Crippen molar-refractivity contribution in [3.05, 3.63) is 43.0 Å². The zero-order valence-electron chi connectivity index (χ0n) is 31.9. The van der Waals surface area contributed by atoms with E-state index in [0.717, 1.165) is 12.2 Å². The number of hydrogen-bond donors (Lipinski definition) is 1. The molecule has 6 atom stereocenters. The van der Waals surface area contributed by atoms with Gasteiger partial charge in [0.2, 0.25) is 0 Å². The van der Waals surface area contributed by atoms with Gasteiger partial charge in [-0.15, -0.1) is 0 Å². The van der Waals surface area contributed by atoms with Gasteiger partial charge in [-0.1, -0.05) is 109 Å². The van der Waals surface area contributed by atoms with Crippen LogP contribution in [0.4, 0.5) is 0 Å². The number of azide groups is 1. The molecule has 0 radical (unpaired) electrons. The summed E-state index contributed by atoms with van der Waals surface area (Å²) in [5.74, 6) is 1.14. The normalized spacial score (nSPS) is 19.6. The molecule has 1 aliphatic rings. The molecule has 1 saturated heterocycles. The molecular weight excluding hydrogens is 704 g/mol. The zero-order chi connectivity index (χ0) is 36.6. The summed E-state index contributed by atoms with van der Waals surface area (Å²) in [5.41, 5.74) is 8.08. The SMILES string of the molecule is CCCCCCCCCCSC(CCCCCCCCC)C(C)OCCCOP(=O)([O-])OC[C@H]1O[C@@H](n2cc(C)c(=O)[nH]c2=O)C[C@@H]1N=[N+]=[N-].[Na+]. The summed E-state index contributed by atoms with van der Waals surface area (Å²) in [6, 6.07) is -0.790. The third kappa shape index (κ3) is 20.6. The number of phosphoric ester groups is 1. The van der Waals surface area contributed by atoms with Crippen LogP contribution in [-0.4, -0.2) is 58.6 Å². The number of aromatic amines is 1. The first-order chi connectivity index (χ1) is 24.1. The van der Waals surface area contributed by atoms with E-state index in [1.807, 2.05) is 11.8 Å². The van der Waals surface area contributed by atoms with E-state index in [1.165, 1.54) is 107 Å². The van der Waals surface area contributed by atoms with Crippen molar-refractivity contribution in [1.82, 2.24) is 9.55 Å². The minimum absolute atomic E-state index is 0. The van der Waals surface area contributed by atoms with Crippen LogP contribution in [0.3, 0.4) is 0 Å². The van der Waals surface area contributed by atoms with E-state index >= 15 is 0 Å². The van der Waals surface area contributed by atoms with Crippen molar-refractivity contribution in [1.29, 1.82) is 0 Å². The van der Waals surface area contributed by atoms with Crippen LogP contribution in [0.5, 0.6) is 0 Å². The van der Waals surface area contributed by atoms with Gasteiger partial charge in [-0.25, -0.2) is 4.79 Å². The molecule has 13 nitrogen and oxygen atoms in total. The molecule has 3 unspecified atom stereocenters. The van der Waals surface area contributed by atoms with Crippen molar-refractivity contribution in [3.8, 4) is 0 Å². The van der Waals surface area contributed by atoms with Crippen molar-refractivity contribution in [2.24, 2.45) is 5.11 Å². The van der Waals surface area contributed by atoms with E-state index < -0.39 is 44.1 Å². The van der Waals surface area contributed by atoms with E-state index in [-0.39, 0.29) is 48.7 Å². The Labute approximate surface area is 331 Å². The van der Waals surface area contributed by atoms with Crippen molar-refractivity contribution in [3.63, 3.8) is 0 Å². The van der Waals surface area contributed by atoms with Crippen LogP contribution in [0.25, 0.3) is 10.4 Å². The monoisotopic (exact) mass is 767 g/mol. The Morgan fingerprint density at radius 2 is 1.61 bits per heavy atom. The number of H-pyrrole nitrogens is 1. The van der Waals surface area contributed by atoms with Gasteiger partial charge >= 0.3 is 35.2 Å². The number of aromatic nitrogens is 2. The molecule has 1 N–H and O–H groups in total. The maximum atomic E-state index is 12.5. The summed E-state index contributed by atoms with van der Waals surface area (Å²) in [7, 11) is -4.69. The molecule has 51 heavy (non-hydrogen) atoms. The van der Waals surface area contributed by atoms with Crippen molar-refractivity contribution >= 4 is 19.6 Å². The maximum Gasteiger partial charge on any atom is 1.00 e. The van der Waals surface area contributed by atoms with Gasteiger partial charge in [0.1, 0.15) is 6.23 Å². The summed E-state index contributed by atoms with van der Waals surface area (Å²) in [4.78, 5) is 41.6. The predicted octanol–water partition coefficient (Wildman–Crippen LogP) is 5.50. The van der Waals surface area contributed by atoms with E-state index in [0.29, 0.717) is 23.8 Å². The first-order valence-corrected chi connectivity index (χ1v) is 21.5. The van der Waals surface area contributed by atoms with Gasteiger partial charge in [-0.2, -0.15) is 11.8 Å². The van der Waals surface area contributed by atoms with Crippen LogP contribution < -0.4 is 45.7 Å². The molecule has 1 fully saturated rings. The van der Waals surface area contributed by atoms with Crippen LogP contribution in [0, 0.1) is 6.92 Å². The number of hydrogen-bond acceptors (Lipinski definition) is 10. The number of aryl methyl sites for hydroxylation is 1. The Morgan fingerprint density at radius 1 is 1.00 bits per heavy atom. The van der Waals surface area contributed by atoms with Crippen LogP contribution in [0.15, 0.2) is 20.9 Å². The van der Waals surface area contributed by atoms with Gasteiger partial charge in [0.05, 0.1) is 31.5 Å². The molecule has 0 aliphatic carbocycles. The molecular formula is C35H63N5NaO8PS. The second-order valence-electron chi connectivity index (χ2n) is 13.4. The van der Waals surface area contributed by atoms with Gasteiger partial charge in [0, 0.05) is 34.9 Å². The average molecular weight is 768 g/mol. The number of phosphoric acid groups is 1. The molecule has 16 heteroatoms. The Bertz CT molecular complexity index is 1280. The Balaban J connectivity index is 0.0000130. The minimum Gasteiger partial charge on any atom is -0.756 e. The van der Waals surface area contributed by atoms with E-state index in [1.54, 1.807) is 6.92 Å². The fraction of sp³-hybridized carbons (Fsp3) is 0.886. The third-order valence-corrected chi connectivity index (χ3v) is 11.7. The van der Waals surface area contributed by atoms with E-state index in [4.69, 9.17) is 24.1 Å². The maximum absolute atomic E-state index is 12.5. The Morgan fingerprint density at radius 3 is 2.24 bits per heavy atom. The van der Waals surface area contributed by atoms with Gasteiger partial charge < -0.3 is 23.4 Å². The van der Waals surface area contributed by atoms with Crippen LogP contribution in [-0.2, 0) is 23.1 Å². The van der Waals surface area contributed by atoms with Crippen LogP contribution in [0.1, 0.15) is 148 Å². The molecule has 0 bridgehead atoms. The number of thioether (sulfide) groups is 1. The molecule has 1 aromatic rings. The number of nitrogens with zero attached hydrogens (tertiary/aromatic N) is 4. The molecule has 0 saturated carbocycles. The van der Waals surface area contributed by atoms with Gasteiger partial charge in [-0.3, -0.25) is 18.9 Å². The van der Waals surface area contributed by atoms with Crippen molar-refractivity contribution in [2.75, 3.05) is 25.6 Å². The quantitative estimate of drug-likeness (QED) is 0.0264. The van der Waals surface area contributed by atoms with Gasteiger partial charge in [-0.05, 0) is 44.4 Å². The topological polar surface area (TPSA) is 181 Å².